The van der Waals surface area contributed by atoms with Gasteiger partial charge in [-0.3, -0.25) is 14.3 Å². The van der Waals surface area contributed by atoms with Gasteiger partial charge in [0.15, 0.2) is 0 Å². The van der Waals surface area contributed by atoms with Gasteiger partial charge in [-0.2, -0.15) is 0 Å². The number of hydrogen-bond donors (Lipinski definition) is 2. The summed E-state index contributed by atoms with van der Waals surface area (Å²) in [5, 5.41) is 0. The Morgan fingerprint density at radius 2 is 2.27 bits per heavy atom. The van der Waals surface area contributed by atoms with Crippen molar-refractivity contribution in [3.8, 4) is 0 Å². The number of nitrogens with one attached hydrogen (secondary N) is 2. The van der Waals surface area contributed by atoms with Gasteiger partial charge in [-0.25, -0.2) is 4.79 Å². The molecule has 2 aromatic heterocycles. The predicted molar refractivity (Wildman–Crippen MR) is 55.1 cm³/mol. The van der Waals surface area contributed by atoms with Gasteiger partial charge < -0.3 is 9.72 Å². The lowest BCUT2D eigenvalue weighted by atomic mass is 10.4. The molecule has 0 aliphatic rings. The van der Waals surface area contributed by atoms with Gasteiger partial charge in [0.1, 0.15) is 5.52 Å². The molecule has 0 aliphatic carbocycles. The minimum atomic E-state index is -0.413. The monoisotopic (exact) mass is 209 g/mol. The molecule has 0 saturated heterocycles. The van der Waals surface area contributed by atoms with E-state index in [-0.39, 0.29) is 0 Å². The highest BCUT2D eigenvalue weighted by atomic mass is 16.5. The Hall–Kier alpha value is -1.82. The molecule has 2 N–H and O–H groups in total. The van der Waals surface area contributed by atoms with E-state index in [0.29, 0.717) is 24.2 Å². The summed E-state index contributed by atoms with van der Waals surface area (Å²) >= 11 is 0. The highest BCUT2D eigenvalue weighted by molar-refractivity contribution is 5.73. The maximum absolute atomic E-state index is 11.5. The van der Waals surface area contributed by atoms with Gasteiger partial charge in [0.2, 0.25) is 0 Å². The normalized spacial score (nSPS) is 11.0. The standard InChI is InChI=1S/C9H11N3O3/c1-15-5-4-12-6-2-3-10-7(6)8(13)11-9(12)14/h2-3,10H,4-5H2,1H3,(H,11,13,14). The van der Waals surface area contributed by atoms with E-state index in [9.17, 15) is 9.59 Å². The van der Waals surface area contributed by atoms with Gasteiger partial charge in [-0.05, 0) is 6.07 Å². The fourth-order valence-electron chi connectivity index (χ4n) is 1.51. The van der Waals surface area contributed by atoms with Gasteiger partial charge in [0, 0.05) is 13.3 Å². The molecule has 0 amide bonds. The van der Waals surface area contributed by atoms with Crippen LogP contribution in [0.15, 0.2) is 21.9 Å². The van der Waals surface area contributed by atoms with E-state index in [1.54, 1.807) is 19.4 Å². The smallest absolute Gasteiger partial charge is 0.328 e. The van der Waals surface area contributed by atoms with Crippen molar-refractivity contribution < 1.29 is 4.74 Å². The van der Waals surface area contributed by atoms with E-state index in [0.717, 1.165) is 0 Å². The lowest BCUT2D eigenvalue weighted by Gasteiger charge is -2.05. The quantitative estimate of drug-likeness (QED) is 0.726. The third kappa shape index (κ3) is 1.59. The topological polar surface area (TPSA) is 79.9 Å². The number of fused-ring (bicyclic) bond motifs is 1. The van der Waals surface area contributed by atoms with E-state index >= 15 is 0 Å². The Bertz CT molecular complexity index is 578. The average Bonchev–Trinajstić information content (AvgIpc) is 2.66. The second-order valence-corrected chi connectivity index (χ2v) is 3.14. The first-order valence-electron chi connectivity index (χ1n) is 4.53. The van der Waals surface area contributed by atoms with Crippen LogP contribution in [-0.4, -0.2) is 28.3 Å². The first-order chi connectivity index (χ1) is 7.24. The van der Waals surface area contributed by atoms with E-state index in [1.807, 2.05) is 0 Å². The molecule has 2 rings (SSSR count). The van der Waals surface area contributed by atoms with E-state index < -0.39 is 11.2 Å². The Labute approximate surface area is 84.5 Å². The van der Waals surface area contributed by atoms with Gasteiger partial charge in [0.05, 0.1) is 18.7 Å². The summed E-state index contributed by atoms with van der Waals surface area (Å²) in [5.41, 5.74) is 0.198. The van der Waals surface area contributed by atoms with Crippen molar-refractivity contribution in [1.82, 2.24) is 14.5 Å². The number of aromatic nitrogens is 3. The Morgan fingerprint density at radius 3 is 3.00 bits per heavy atom. The molecule has 0 unspecified atom stereocenters. The van der Waals surface area contributed by atoms with Crippen LogP contribution in [0.3, 0.4) is 0 Å². The summed E-state index contributed by atoms with van der Waals surface area (Å²) in [7, 11) is 1.56. The van der Waals surface area contributed by atoms with Crippen molar-refractivity contribution in [2.45, 2.75) is 6.54 Å². The second kappa shape index (κ2) is 3.74. The molecular formula is C9H11N3O3. The van der Waals surface area contributed by atoms with Crippen molar-refractivity contribution in [1.29, 1.82) is 0 Å². The lowest BCUT2D eigenvalue weighted by Crippen LogP contribution is -2.31. The maximum atomic E-state index is 11.5. The number of nitrogens with zero attached hydrogens (tertiary/aromatic N) is 1. The number of hydrogen-bond acceptors (Lipinski definition) is 3. The molecule has 0 aliphatic heterocycles. The van der Waals surface area contributed by atoms with Gasteiger partial charge in [0.25, 0.3) is 5.56 Å². The molecule has 2 aromatic rings. The van der Waals surface area contributed by atoms with Crippen LogP contribution in [0.4, 0.5) is 0 Å². The first-order valence-corrected chi connectivity index (χ1v) is 4.53. The average molecular weight is 209 g/mol. The fourth-order valence-corrected chi connectivity index (χ4v) is 1.51. The van der Waals surface area contributed by atoms with Crippen LogP contribution in [0.1, 0.15) is 0 Å². The maximum Gasteiger partial charge on any atom is 0.328 e. The summed E-state index contributed by atoms with van der Waals surface area (Å²) in [4.78, 5) is 27.9. The van der Waals surface area contributed by atoms with Crippen LogP contribution in [0.5, 0.6) is 0 Å². The summed E-state index contributed by atoms with van der Waals surface area (Å²) in [6.07, 6.45) is 1.63. The SMILES string of the molecule is COCCn1c(=O)[nH]c(=O)c2[nH]ccc21. The van der Waals surface area contributed by atoms with Gasteiger partial charge in [-0.1, -0.05) is 0 Å². The highest BCUT2D eigenvalue weighted by Gasteiger charge is 2.06. The van der Waals surface area contributed by atoms with Crippen LogP contribution >= 0.6 is 0 Å². The van der Waals surface area contributed by atoms with Crippen molar-refractivity contribution >= 4 is 11.0 Å². The summed E-state index contributed by atoms with van der Waals surface area (Å²) < 4.78 is 6.36. The van der Waals surface area contributed by atoms with Crippen molar-refractivity contribution in [3.63, 3.8) is 0 Å². The fraction of sp³-hybridized carbons (Fsp3) is 0.333. The Balaban J connectivity index is 2.66. The minimum absolute atomic E-state index is 0.395. The minimum Gasteiger partial charge on any atom is -0.383 e. The third-order valence-electron chi connectivity index (χ3n) is 2.23. The zero-order chi connectivity index (χ0) is 10.8. The summed E-state index contributed by atoms with van der Waals surface area (Å²) in [6, 6.07) is 1.70. The van der Waals surface area contributed by atoms with Gasteiger partial charge >= 0.3 is 5.69 Å². The lowest BCUT2D eigenvalue weighted by molar-refractivity contribution is 0.187. The molecular weight excluding hydrogens is 198 g/mol. The molecule has 6 heteroatoms. The van der Waals surface area contributed by atoms with Crippen molar-refractivity contribution in [2.24, 2.45) is 0 Å². The van der Waals surface area contributed by atoms with Crippen LogP contribution < -0.4 is 11.2 Å². The molecule has 0 spiro atoms. The molecule has 0 atom stereocenters. The number of rotatable bonds is 3. The number of ether oxygens (including phenoxy) is 1. The Kier molecular flexibility index (Phi) is 2.42. The van der Waals surface area contributed by atoms with Crippen LogP contribution in [0, 0.1) is 0 Å². The van der Waals surface area contributed by atoms with Crippen LogP contribution in [0.2, 0.25) is 0 Å². The largest absolute Gasteiger partial charge is 0.383 e. The van der Waals surface area contributed by atoms with E-state index in [2.05, 4.69) is 9.97 Å². The zero-order valence-electron chi connectivity index (χ0n) is 8.24. The first kappa shape index (κ1) is 9.72. The van der Waals surface area contributed by atoms with Crippen molar-refractivity contribution in [3.05, 3.63) is 33.1 Å². The number of aromatic amines is 2. The van der Waals surface area contributed by atoms with Crippen LogP contribution in [0.25, 0.3) is 11.0 Å². The molecule has 0 radical (unpaired) electrons. The van der Waals surface area contributed by atoms with Crippen LogP contribution in [-0.2, 0) is 11.3 Å². The predicted octanol–water partition coefficient (Wildman–Crippen LogP) is -0.336. The molecule has 0 aromatic carbocycles. The van der Waals surface area contributed by atoms with E-state index in [4.69, 9.17) is 4.74 Å². The summed E-state index contributed by atoms with van der Waals surface area (Å²) in [6.45, 7) is 0.840. The molecule has 0 fully saturated rings. The molecule has 0 bridgehead atoms. The molecule has 6 nitrogen and oxygen atoms in total. The number of H-pyrrole nitrogens is 2. The Morgan fingerprint density at radius 1 is 1.47 bits per heavy atom. The third-order valence-corrected chi connectivity index (χ3v) is 2.23. The highest BCUT2D eigenvalue weighted by Crippen LogP contribution is 2.03. The zero-order valence-corrected chi connectivity index (χ0v) is 8.24. The van der Waals surface area contributed by atoms with E-state index in [1.165, 1.54) is 4.57 Å². The molecule has 80 valence electrons. The van der Waals surface area contributed by atoms with Crippen molar-refractivity contribution in [2.75, 3.05) is 13.7 Å². The molecule has 0 saturated carbocycles. The second-order valence-electron chi connectivity index (χ2n) is 3.14. The number of methoxy groups -OCH3 is 1. The molecule has 15 heavy (non-hydrogen) atoms. The molecule has 2 heterocycles. The summed E-state index contributed by atoms with van der Waals surface area (Å²) in [5.74, 6) is 0. The van der Waals surface area contributed by atoms with Gasteiger partial charge in [-0.15, -0.1) is 0 Å².